The third-order valence-electron chi connectivity index (χ3n) is 4.87. The third kappa shape index (κ3) is 5.79. The minimum absolute atomic E-state index is 0.0646. The maximum atomic E-state index is 13.0. The van der Waals surface area contributed by atoms with Crippen molar-refractivity contribution in [1.82, 2.24) is 9.78 Å². The van der Waals surface area contributed by atoms with E-state index >= 15 is 0 Å². The summed E-state index contributed by atoms with van der Waals surface area (Å²) in [4.78, 5) is 12.5. The van der Waals surface area contributed by atoms with Crippen LogP contribution in [0, 0.1) is 6.92 Å². The molecular formula is C24H19ClF3N3O3. The van der Waals surface area contributed by atoms with Gasteiger partial charge in [-0.05, 0) is 55.0 Å². The molecule has 6 nitrogen and oxygen atoms in total. The normalized spacial score (nSPS) is 11.4. The van der Waals surface area contributed by atoms with E-state index in [0.717, 1.165) is 12.1 Å². The summed E-state index contributed by atoms with van der Waals surface area (Å²) in [5.41, 5.74) is 0.383. The molecule has 0 saturated carbocycles. The van der Waals surface area contributed by atoms with Crippen LogP contribution in [0.3, 0.4) is 0 Å². The number of hydrogen-bond donors (Lipinski definition) is 1. The number of benzene rings is 2. The fraction of sp³-hybridized carbons (Fsp3) is 0.167. The average Bonchev–Trinajstić information content (AvgIpc) is 3.39. The molecule has 10 heteroatoms. The van der Waals surface area contributed by atoms with Crippen molar-refractivity contribution in [2.45, 2.75) is 26.3 Å². The molecule has 176 valence electrons. The third-order valence-corrected chi connectivity index (χ3v) is 5.11. The van der Waals surface area contributed by atoms with Gasteiger partial charge in [-0.25, -0.2) is 0 Å². The first-order valence-corrected chi connectivity index (χ1v) is 10.5. The number of alkyl halides is 3. The van der Waals surface area contributed by atoms with Crippen molar-refractivity contribution in [3.63, 3.8) is 0 Å². The van der Waals surface area contributed by atoms with Gasteiger partial charge >= 0.3 is 6.18 Å². The van der Waals surface area contributed by atoms with E-state index in [1.807, 2.05) is 0 Å². The van der Waals surface area contributed by atoms with Gasteiger partial charge in [-0.2, -0.15) is 18.3 Å². The summed E-state index contributed by atoms with van der Waals surface area (Å²) in [6.07, 6.45) is -4.42. The zero-order chi connectivity index (χ0) is 24.3. The lowest BCUT2D eigenvalue weighted by Crippen LogP contribution is -2.12. The molecule has 0 aliphatic rings. The number of aromatic nitrogens is 2. The molecule has 4 aromatic rings. The smallest absolute Gasteiger partial charge is 0.416 e. The highest BCUT2D eigenvalue weighted by atomic mass is 35.5. The molecular weight excluding hydrogens is 471 g/mol. The Bertz CT molecular complexity index is 1310. The molecule has 2 aromatic heterocycles. The Morgan fingerprint density at radius 1 is 1.12 bits per heavy atom. The van der Waals surface area contributed by atoms with E-state index in [4.69, 9.17) is 20.8 Å². The lowest BCUT2D eigenvalue weighted by molar-refractivity contribution is -0.137. The predicted octanol–water partition coefficient (Wildman–Crippen LogP) is 6.34. The van der Waals surface area contributed by atoms with Crippen LogP contribution < -0.4 is 10.1 Å². The van der Waals surface area contributed by atoms with Gasteiger partial charge in [-0.3, -0.25) is 9.48 Å². The topological polar surface area (TPSA) is 69.3 Å². The van der Waals surface area contributed by atoms with E-state index in [0.29, 0.717) is 27.8 Å². The summed E-state index contributed by atoms with van der Waals surface area (Å²) in [5.74, 6) is 0.808. The van der Waals surface area contributed by atoms with Crippen LogP contribution in [0.25, 0.3) is 0 Å². The number of carbonyl (C=O) groups is 1. The molecule has 0 radical (unpaired) electrons. The Labute approximate surface area is 197 Å². The van der Waals surface area contributed by atoms with Gasteiger partial charge in [0.2, 0.25) is 0 Å². The van der Waals surface area contributed by atoms with Crippen LogP contribution in [-0.2, 0) is 19.3 Å². The SMILES string of the molecule is Cc1cc(NC(=O)c2ccc(COc3cccc(Cl)c3)o2)nn1Cc1cccc(C(F)(F)F)c1. The lowest BCUT2D eigenvalue weighted by Gasteiger charge is -2.09. The van der Waals surface area contributed by atoms with E-state index in [9.17, 15) is 18.0 Å². The van der Waals surface area contributed by atoms with Gasteiger partial charge in [0, 0.05) is 16.8 Å². The Kier molecular flexibility index (Phi) is 6.65. The monoisotopic (exact) mass is 489 g/mol. The first kappa shape index (κ1) is 23.4. The molecule has 4 rings (SSSR count). The molecule has 34 heavy (non-hydrogen) atoms. The summed E-state index contributed by atoms with van der Waals surface area (Å²) in [7, 11) is 0. The van der Waals surface area contributed by atoms with E-state index in [-0.39, 0.29) is 24.7 Å². The van der Waals surface area contributed by atoms with Gasteiger partial charge in [0.25, 0.3) is 5.91 Å². The molecule has 2 heterocycles. The number of rotatable bonds is 7. The number of furan rings is 1. The van der Waals surface area contributed by atoms with Gasteiger partial charge in [-0.15, -0.1) is 0 Å². The Morgan fingerprint density at radius 3 is 2.68 bits per heavy atom. The number of hydrogen-bond acceptors (Lipinski definition) is 4. The standard InChI is InChI=1S/C24H19ClF3N3O3/c1-15-10-22(30-31(15)13-16-4-2-5-17(11-16)24(26,27)28)29-23(32)21-9-8-20(34-21)14-33-19-7-3-6-18(25)12-19/h2-12H,13-14H2,1H3,(H,29,30,32). The Balaban J connectivity index is 1.38. The second-order valence-corrected chi connectivity index (χ2v) is 7.93. The number of ether oxygens (including phenoxy) is 1. The van der Waals surface area contributed by atoms with Crippen molar-refractivity contribution in [3.8, 4) is 5.75 Å². The molecule has 0 aliphatic carbocycles. The van der Waals surface area contributed by atoms with E-state index < -0.39 is 17.6 Å². The Morgan fingerprint density at radius 2 is 1.91 bits per heavy atom. The average molecular weight is 490 g/mol. The second-order valence-electron chi connectivity index (χ2n) is 7.49. The number of amides is 1. The van der Waals surface area contributed by atoms with Gasteiger partial charge in [0.1, 0.15) is 18.1 Å². The first-order chi connectivity index (χ1) is 16.2. The number of carbonyl (C=O) groups excluding carboxylic acids is 1. The predicted molar refractivity (Wildman–Crippen MR) is 120 cm³/mol. The number of nitrogens with one attached hydrogen (secondary N) is 1. The van der Waals surface area contributed by atoms with Crippen molar-refractivity contribution in [2.75, 3.05) is 5.32 Å². The molecule has 2 aromatic carbocycles. The zero-order valence-corrected chi connectivity index (χ0v) is 18.7. The highest BCUT2D eigenvalue weighted by molar-refractivity contribution is 6.30. The lowest BCUT2D eigenvalue weighted by atomic mass is 10.1. The number of aryl methyl sites for hydroxylation is 1. The number of nitrogens with zero attached hydrogens (tertiary/aromatic N) is 2. The number of anilines is 1. The minimum Gasteiger partial charge on any atom is -0.486 e. The molecule has 0 unspecified atom stereocenters. The zero-order valence-electron chi connectivity index (χ0n) is 17.9. The van der Waals surface area contributed by atoms with E-state index in [2.05, 4.69) is 10.4 Å². The van der Waals surface area contributed by atoms with Gasteiger partial charge < -0.3 is 14.5 Å². The molecule has 0 fully saturated rings. The molecule has 1 N–H and O–H groups in total. The van der Waals surface area contributed by atoms with Gasteiger partial charge in [0.15, 0.2) is 11.6 Å². The highest BCUT2D eigenvalue weighted by Gasteiger charge is 2.30. The van der Waals surface area contributed by atoms with Crippen LogP contribution >= 0.6 is 11.6 Å². The molecule has 0 spiro atoms. The summed E-state index contributed by atoms with van der Waals surface area (Å²) < 4.78 is 51.5. The molecule has 0 saturated heterocycles. The van der Waals surface area contributed by atoms with E-state index in [1.54, 1.807) is 49.4 Å². The quantitative estimate of drug-likeness (QED) is 0.329. The van der Waals surface area contributed by atoms with Crippen LogP contribution in [0.2, 0.25) is 5.02 Å². The number of halogens is 4. The maximum absolute atomic E-state index is 13.0. The molecule has 0 bridgehead atoms. The van der Waals surface area contributed by atoms with Crippen molar-refractivity contribution in [3.05, 3.63) is 100 Å². The second kappa shape index (κ2) is 9.64. The molecule has 0 aliphatic heterocycles. The summed E-state index contributed by atoms with van der Waals surface area (Å²) in [5, 5.41) is 7.45. The first-order valence-electron chi connectivity index (χ1n) is 10.2. The summed E-state index contributed by atoms with van der Waals surface area (Å²) in [6, 6.07) is 16.7. The largest absolute Gasteiger partial charge is 0.486 e. The maximum Gasteiger partial charge on any atom is 0.416 e. The van der Waals surface area contributed by atoms with Crippen LogP contribution in [-0.4, -0.2) is 15.7 Å². The Hall–Kier alpha value is -3.72. The van der Waals surface area contributed by atoms with Gasteiger partial charge in [-0.1, -0.05) is 29.8 Å². The van der Waals surface area contributed by atoms with Crippen LogP contribution in [0.5, 0.6) is 5.75 Å². The summed E-state index contributed by atoms with van der Waals surface area (Å²) >= 11 is 5.92. The molecule has 0 atom stereocenters. The summed E-state index contributed by atoms with van der Waals surface area (Å²) in [6.45, 7) is 1.98. The fourth-order valence-electron chi connectivity index (χ4n) is 3.22. The minimum atomic E-state index is -4.42. The van der Waals surface area contributed by atoms with E-state index in [1.165, 1.54) is 16.8 Å². The van der Waals surface area contributed by atoms with Crippen molar-refractivity contribution in [1.29, 1.82) is 0 Å². The van der Waals surface area contributed by atoms with Crippen molar-refractivity contribution in [2.24, 2.45) is 0 Å². The fourth-order valence-corrected chi connectivity index (χ4v) is 3.40. The van der Waals surface area contributed by atoms with Crippen LogP contribution in [0.4, 0.5) is 19.0 Å². The van der Waals surface area contributed by atoms with Gasteiger partial charge in [0.05, 0.1) is 12.1 Å². The highest BCUT2D eigenvalue weighted by Crippen LogP contribution is 2.29. The van der Waals surface area contributed by atoms with Crippen LogP contribution in [0.1, 0.15) is 33.1 Å². The van der Waals surface area contributed by atoms with Crippen LogP contribution in [0.15, 0.2) is 71.1 Å². The van der Waals surface area contributed by atoms with Crippen molar-refractivity contribution < 1.29 is 27.1 Å². The van der Waals surface area contributed by atoms with Crippen molar-refractivity contribution >= 4 is 23.3 Å². The molecule has 1 amide bonds.